The van der Waals surface area contributed by atoms with E-state index in [9.17, 15) is 9.59 Å². The van der Waals surface area contributed by atoms with Gasteiger partial charge in [-0.2, -0.15) is 0 Å². The van der Waals surface area contributed by atoms with Crippen LogP contribution in [0.25, 0.3) is 0 Å². The van der Waals surface area contributed by atoms with Gasteiger partial charge in [-0.3, -0.25) is 14.9 Å². The Morgan fingerprint density at radius 3 is 2.38 bits per heavy atom. The number of Topliss-reactive ketones (excluding diaryl/α,β-unsaturated/α-hetero) is 1. The van der Waals surface area contributed by atoms with E-state index in [0.29, 0.717) is 11.3 Å². The Kier molecular flexibility index (Phi) is 5.94. The predicted molar refractivity (Wildman–Crippen MR) is 106 cm³/mol. The van der Waals surface area contributed by atoms with Gasteiger partial charge in [0.05, 0.1) is 18.3 Å². The van der Waals surface area contributed by atoms with E-state index < -0.39 is 0 Å². The number of amides is 1. The summed E-state index contributed by atoms with van der Waals surface area (Å²) in [6.45, 7) is 1.63. The molecule has 1 atom stereocenters. The van der Waals surface area contributed by atoms with Gasteiger partial charge in [-0.25, -0.2) is 0 Å². The number of carbonyl (C=O) groups is 2. The Balaban J connectivity index is 1.70. The normalized spacial score (nSPS) is 11.7. The fourth-order valence-corrected chi connectivity index (χ4v) is 3.60. The molecule has 3 aromatic rings. The van der Waals surface area contributed by atoms with E-state index >= 15 is 0 Å². The average Bonchev–Trinajstić information content (AvgIpc) is 3.17. The summed E-state index contributed by atoms with van der Waals surface area (Å²) in [5, 5.41) is 8.17. The minimum atomic E-state index is -0.184. The molecule has 1 heterocycles. The standard InChI is InChI=1S/C21H20N2O2S/c1-15(24)17-10-5-6-11-18(17)23-20(25)14-22-21(19-12-7-13-26-19)16-8-3-2-4-9-16/h2-13,21-22H,14H2,1H3,(H,23,25)/t21-/m0/s1. The summed E-state index contributed by atoms with van der Waals surface area (Å²) in [4.78, 5) is 25.2. The summed E-state index contributed by atoms with van der Waals surface area (Å²) in [7, 11) is 0. The molecule has 3 rings (SSSR count). The van der Waals surface area contributed by atoms with Crippen molar-refractivity contribution in [2.24, 2.45) is 0 Å². The molecule has 0 spiro atoms. The molecule has 2 N–H and O–H groups in total. The number of para-hydroxylation sites is 1. The molecule has 2 aromatic carbocycles. The van der Waals surface area contributed by atoms with Gasteiger partial charge in [0.15, 0.2) is 5.78 Å². The monoisotopic (exact) mass is 364 g/mol. The van der Waals surface area contributed by atoms with Crippen LogP contribution in [0, 0.1) is 0 Å². The summed E-state index contributed by atoms with van der Waals surface area (Å²) >= 11 is 1.65. The van der Waals surface area contributed by atoms with Crippen molar-refractivity contribution in [3.8, 4) is 0 Å². The second kappa shape index (κ2) is 8.56. The van der Waals surface area contributed by atoms with Gasteiger partial charge < -0.3 is 5.32 Å². The highest BCUT2D eigenvalue weighted by atomic mass is 32.1. The smallest absolute Gasteiger partial charge is 0.238 e. The fourth-order valence-electron chi connectivity index (χ4n) is 2.77. The summed E-state index contributed by atoms with van der Waals surface area (Å²) in [6.07, 6.45) is 0. The first-order valence-corrected chi connectivity index (χ1v) is 9.24. The molecule has 0 fully saturated rings. The second-order valence-corrected chi connectivity index (χ2v) is 6.87. The highest BCUT2D eigenvalue weighted by Crippen LogP contribution is 2.25. The molecule has 132 valence electrons. The SMILES string of the molecule is CC(=O)c1ccccc1NC(=O)CN[C@@H](c1ccccc1)c1cccs1. The first-order valence-electron chi connectivity index (χ1n) is 8.36. The topological polar surface area (TPSA) is 58.2 Å². The number of carbonyl (C=O) groups excluding carboxylic acids is 2. The lowest BCUT2D eigenvalue weighted by Crippen LogP contribution is -2.31. The van der Waals surface area contributed by atoms with E-state index in [0.717, 1.165) is 10.4 Å². The Hall–Kier alpha value is -2.76. The van der Waals surface area contributed by atoms with Crippen molar-refractivity contribution in [3.63, 3.8) is 0 Å². The van der Waals surface area contributed by atoms with Crippen molar-refractivity contribution in [2.45, 2.75) is 13.0 Å². The van der Waals surface area contributed by atoms with E-state index in [2.05, 4.69) is 16.7 Å². The Morgan fingerprint density at radius 2 is 1.69 bits per heavy atom. The van der Waals surface area contributed by atoms with E-state index in [4.69, 9.17) is 0 Å². The van der Waals surface area contributed by atoms with E-state index in [1.165, 1.54) is 6.92 Å². The third-order valence-electron chi connectivity index (χ3n) is 4.01. The number of nitrogens with one attached hydrogen (secondary N) is 2. The maximum Gasteiger partial charge on any atom is 0.238 e. The molecule has 1 amide bonds. The van der Waals surface area contributed by atoms with Crippen LogP contribution in [-0.4, -0.2) is 18.2 Å². The maximum absolute atomic E-state index is 12.4. The highest BCUT2D eigenvalue weighted by Gasteiger charge is 2.16. The second-order valence-electron chi connectivity index (χ2n) is 5.89. The van der Waals surface area contributed by atoms with Crippen LogP contribution in [0.3, 0.4) is 0 Å². The molecule has 0 saturated carbocycles. The first-order chi connectivity index (χ1) is 12.6. The molecule has 5 heteroatoms. The van der Waals surface area contributed by atoms with Crippen LogP contribution in [0.5, 0.6) is 0 Å². The highest BCUT2D eigenvalue weighted by molar-refractivity contribution is 7.10. The number of benzene rings is 2. The quantitative estimate of drug-likeness (QED) is 0.616. The Bertz CT molecular complexity index is 876. The summed E-state index contributed by atoms with van der Waals surface area (Å²) in [5.74, 6) is -0.259. The van der Waals surface area contributed by atoms with Crippen molar-refractivity contribution >= 4 is 28.7 Å². The van der Waals surface area contributed by atoms with Gasteiger partial charge in [-0.1, -0.05) is 48.5 Å². The molecule has 0 aliphatic carbocycles. The van der Waals surface area contributed by atoms with Crippen LogP contribution in [0.2, 0.25) is 0 Å². The summed E-state index contributed by atoms with van der Waals surface area (Å²) < 4.78 is 0. The third-order valence-corrected chi connectivity index (χ3v) is 4.94. The van der Waals surface area contributed by atoms with Crippen LogP contribution in [0.4, 0.5) is 5.69 Å². The number of hydrogen-bond donors (Lipinski definition) is 2. The number of hydrogen-bond acceptors (Lipinski definition) is 4. The molecule has 0 saturated heterocycles. The van der Waals surface area contributed by atoms with Gasteiger partial charge in [-0.05, 0) is 36.1 Å². The lowest BCUT2D eigenvalue weighted by molar-refractivity contribution is -0.115. The maximum atomic E-state index is 12.4. The number of anilines is 1. The molecule has 4 nitrogen and oxygen atoms in total. The molecule has 0 bridgehead atoms. The largest absolute Gasteiger partial charge is 0.324 e. The zero-order valence-electron chi connectivity index (χ0n) is 14.4. The van der Waals surface area contributed by atoms with Crippen LogP contribution < -0.4 is 10.6 Å². The first kappa shape index (κ1) is 18.0. The van der Waals surface area contributed by atoms with Crippen molar-refractivity contribution in [2.75, 3.05) is 11.9 Å². The average molecular weight is 364 g/mol. The molecule has 0 unspecified atom stereocenters. The van der Waals surface area contributed by atoms with Gasteiger partial charge >= 0.3 is 0 Å². The van der Waals surface area contributed by atoms with Gasteiger partial charge in [0.25, 0.3) is 0 Å². The molecular formula is C21H20N2O2S. The number of thiophene rings is 1. The molecule has 0 aliphatic rings. The van der Waals surface area contributed by atoms with E-state index in [1.54, 1.807) is 35.6 Å². The molecule has 0 aliphatic heterocycles. The zero-order valence-corrected chi connectivity index (χ0v) is 15.3. The van der Waals surface area contributed by atoms with Gasteiger partial charge in [0.1, 0.15) is 0 Å². The fraction of sp³-hybridized carbons (Fsp3) is 0.143. The number of rotatable bonds is 7. The predicted octanol–water partition coefficient (Wildman–Crippen LogP) is 4.27. The molecule has 0 radical (unpaired) electrons. The Morgan fingerprint density at radius 1 is 0.962 bits per heavy atom. The Labute approximate surface area is 156 Å². The minimum Gasteiger partial charge on any atom is -0.324 e. The van der Waals surface area contributed by atoms with Crippen LogP contribution in [0.15, 0.2) is 72.1 Å². The lowest BCUT2D eigenvalue weighted by atomic mass is 10.1. The van der Waals surface area contributed by atoms with Crippen molar-refractivity contribution < 1.29 is 9.59 Å². The molecule has 26 heavy (non-hydrogen) atoms. The van der Waals surface area contributed by atoms with Crippen LogP contribution >= 0.6 is 11.3 Å². The van der Waals surface area contributed by atoms with Gasteiger partial charge in [0, 0.05) is 10.4 Å². The summed E-state index contributed by atoms with van der Waals surface area (Å²) in [6, 6.07) is 21.1. The zero-order chi connectivity index (χ0) is 18.4. The molecular weight excluding hydrogens is 344 g/mol. The third kappa shape index (κ3) is 4.45. The number of ketones is 1. The van der Waals surface area contributed by atoms with Crippen molar-refractivity contribution in [1.82, 2.24) is 5.32 Å². The van der Waals surface area contributed by atoms with E-state index in [1.807, 2.05) is 41.8 Å². The van der Waals surface area contributed by atoms with Crippen LogP contribution in [0.1, 0.15) is 33.8 Å². The minimum absolute atomic E-state index is 0.0509. The van der Waals surface area contributed by atoms with Crippen molar-refractivity contribution in [3.05, 3.63) is 88.1 Å². The molecule has 1 aromatic heterocycles. The van der Waals surface area contributed by atoms with Gasteiger partial charge in [0.2, 0.25) is 5.91 Å². The lowest BCUT2D eigenvalue weighted by Gasteiger charge is -2.18. The van der Waals surface area contributed by atoms with Crippen molar-refractivity contribution in [1.29, 1.82) is 0 Å². The van der Waals surface area contributed by atoms with Crippen LogP contribution in [-0.2, 0) is 4.79 Å². The van der Waals surface area contributed by atoms with E-state index in [-0.39, 0.29) is 24.3 Å². The van der Waals surface area contributed by atoms with Gasteiger partial charge in [-0.15, -0.1) is 11.3 Å². The summed E-state index contributed by atoms with van der Waals surface area (Å²) in [5.41, 5.74) is 2.16.